The van der Waals surface area contributed by atoms with Crippen molar-refractivity contribution in [2.75, 3.05) is 5.75 Å². The number of carboxylic acid groups (broad SMARTS) is 1. The third-order valence-corrected chi connectivity index (χ3v) is 4.14. The Bertz CT molecular complexity index is 632. The SMILES string of the molecule is Cn1c(SCC(=O)O)nnc1-c1ccc(Br)cc1Cl. The van der Waals surface area contributed by atoms with Gasteiger partial charge >= 0.3 is 5.97 Å². The molecular formula is C11H9BrClN3O2S. The van der Waals surface area contributed by atoms with Gasteiger partial charge in [0.25, 0.3) is 0 Å². The van der Waals surface area contributed by atoms with Crippen molar-refractivity contribution < 1.29 is 9.90 Å². The second kappa shape index (κ2) is 5.94. The summed E-state index contributed by atoms with van der Waals surface area (Å²) in [4.78, 5) is 10.5. The Morgan fingerprint density at radius 3 is 2.89 bits per heavy atom. The number of hydrogen-bond donors (Lipinski definition) is 1. The molecule has 0 radical (unpaired) electrons. The van der Waals surface area contributed by atoms with Gasteiger partial charge in [0.05, 0.1) is 10.8 Å². The normalized spacial score (nSPS) is 10.7. The van der Waals surface area contributed by atoms with Crippen molar-refractivity contribution in [2.24, 2.45) is 7.05 Å². The van der Waals surface area contributed by atoms with Crippen LogP contribution in [0.25, 0.3) is 11.4 Å². The Morgan fingerprint density at radius 1 is 1.53 bits per heavy atom. The number of carbonyl (C=O) groups is 1. The molecule has 1 N–H and O–H groups in total. The first-order valence-corrected chi connectivity index (χ1v) is 7.34. The Labute approximate surface area is 127 Å². The van der Waals surface area contributed by atoms with Gasteiger partial charge in [0.15, 0.2) is 11.0 Å². The van der Waals surface area contributed by atoms with Crippen molar-refractivity contribution >= 4 is 45.3 Å². The molecule has 0 aliphatic heterocycles. The maximum Gasteiger partial charge on any atom is 0.313 e. The van der Waals surface area contributed by atoms with Gasteiger partial charge in [0.1, 0.15) is 0 Å². The highest BCUT2D eigenvalue weighted by Gasteiger charge is 2.14. The molecule has 19 heavy (non-hydrogen) atoms. The number of hydrogen-bond acceptors (Lipinski definition) is 4. The van der Waals surface area contributed by atoms with Crippen LogP contribution in [0.2, 0.25) is 5.02 Å². The van der Waals surface area contributed by atoms with E-state index in [4.69, 9.17) is 16.7 Å². The summed E-state index contributed by atoms with van der Waals surface area (Å²) in [7, 11) is 1.78. The van der Waals surface area contributed by atoms with Crippen molar-refractivity contribution in [3.8, 4) is 11.4 Å². The molecule has 1 aromatic heterocycles. The van der Waals surface area contributed by atoms with Crippen LogP contribution in [0.3, 0.4) is 0 Å². The van der Waals surface area contributed by atoms with Gasteiger partial charge in [-0.1, -0.05) is 39.3 Å². The molecule has 0 fully saturated rings. The van der Waals surface area contributed by atoms with Gasteiger partial charge < -0.3 is 9.67 Å². The summed E-state index contributed by atoms with van der Waals surface area (Å²) in [6.07, 6.45) is 0. The lowest BCUT2D eigenvalue weighted by Gasteiger charge is -2.05. The fourth-order valence-electron chi connectivity index (χ4n) is 1.47. The molecule has 0 spiro atoms. The van der Waals surface area contributed by atoms with E-state index in [0.717, 1.165) is 21.8 Å². The Hall–Kier alpha value is -1.05. The molecule has 5 nitrogen and oxygen atoms in total. The van der Waals surface area contributed by atoms with E-state index in [0.29, 0.717) is 16.0 Å². The lowest BCUT2D eigenvalue weighted by molar-refractivity contribution is -0.133. The Kier molecular flexibility index (Phi) is 4.49. The fraction of sp³-hybridized carbons (Fsp3) is 0.182. The number of carboxylic acids is 1. The average molecular weight is 363 g/mol. The molecule has 100 valence electrons. The number of aliphatic carboxylic acids is 1. The Balaban J connectivity index is 2.33. The molecule has 0 aliphatic rings. The zero-order valence-corrected chi connectivity index (χ0v) is 13.0. The average Bonchev–Trinajstić information content (AvgIpc) is 2.68. The molecule has 8 heteroatoms. The molecule has 2 rings (SSSR count). The predicted octanol–water partition coefficient (Wildman–Crippen LogP) is 3.07. The first-order chi connectivity index (χ1) is 8.99. The molecule has 0 atom stereocenters. The lowest BCUT2D eigenvalue weighted by atomic mass is 10.2. The van der Waals surface area contributed by atoms with E-state index in [1.54, 1.807) is 17.7 Å². The van der Waals surface area contributed by atoms with Crippen LogP contribution >= 0.6 is 39.3 Å². The molecule has 0 saturated heterocycles. The highest BCUT2D eigenvalue weighted by atomic mass is 79.9. The second-order valence-corrected chi connectivity index (χ2v) is 5.94. The number of aromatic nitrogens is 3. The molecule has 1 aromatic carbocycles. The summed E-state index contributed by atoms with van der Waals surface area (Å²) in [6, 6.07) is 5.47. The molecular weight excluding hydrogens is 354 g/mol. The van der Waals surface area contributed by atoms with Gasteiger partial charge in [0.2, 0.25) is 0 Å². The number of nitrogens with zero attached hydrogens (tertiary/aromatic N) is 3. The fourth-order valence-corrected chi connectivity index (χ4v) is 2.86. The predicted molar refractivity (Wildman–Crippen MR) is 77.5 cm³/mol. The zero-order valence-electron chi connectivity index (χ0n) is 9.80. The van der Waals surface area contributed by atoms with Crippen LogP contribution in [0.1, 0.15) is 0 Å². The van der Waals surface area contributed by atoms with Crippen LogP contribution in [0.5, 0.6) is 0 Å². The molecule has 0 unspecified atom stereocenters. The smallest absolute Gasteiger partial charge is 0.313 e. The van der Waals surface area contributed by atoms with E-state index >= 15 is 0 Å². The van der Waals surface area contributed by atoms with Gasteiger partial charge in [0, 0.05) is 17.1 Å². The standard InChI is InChI=1S/C11H9BrClN3O2S/c1-16-10(7-3-2-6(12)4-8(7)13)14-15-11(16)19-5-9(17)18/h2-4H,5H2,1H3,(H,17,18). The van der Waals surface area contributed by atoms with E-state index in [1.165, 1.54) is 0 Å². The zero-order chi connectivity index (χ0) is 14.0. The van der Waals surface area contributed by atoms with Crippen LogP contribution in [0.15, 0.2) is 27.8 Å². The quantitative estimate of drug-likeness (QED) is 0.847. The van der Waals surface area contributed by atoms with Crippen LogP contribution in [0.4, 0.5) is 0 Å². The second-order valence-electron chi connectivity index (χ2n) is 3.67. The summed E-state index contributed by atoms with van der Waals surface area (Å²) in [6.45, 7) is 0. The summed E-state index contributed by atoms with van der Waals surface area (Å²) in [5.41, 5.74) is 0.752. The van der Waals surface area contributed by atoms with Crippen molar-refractivity contribution in [1.82, 2.24) is 14.8 Å². The van der Waals surface area contributed by atoms with Crippen LogP contribution in [-0.4, -0.2) is 31.6 Å². The lowest BCUT2D eigenvalue weighted by Crippen LogP contribution is -2.01. The first-order valence-electron chi connectivity index (χ1n) is 5.18. The van der Waals surface area contributed by atoms with Gasteiger partial charge in [-0.05, 0) is 18.2 Å². The van der Waals surface area contributed by atoms with Crippen molar-refractivity contribution in [3.63, 3.8) is 0 Å². The van der Waals surface area contributed by atoms with Gasteiger partial charge in [-0.2, -0.15) is 0 Å². The third kappa shape index (κ3) is 3.29. The van der Waals surface area contributed by atoms with E-state index in [2.05, 4.69) is 26.1 Å². The highest BCUT2D eigenvalue weighted by molar-refractivity contribution is 9.10. The molecule has 0 bridgehead atoms. The number of thioether (sulfide) groups is 1. The number of rotatable bonds is 4. The first kappa shape index (κ1) is 14.4. The number of benzene rings is 1. The van der Waals surface area contributed by atoms with Crippen molar-refractivity contribution in [3.05, 3.63) is 27.7 Å². The van der Waals surface area contributed by atoms with Crippen molar-refractivity contribution in [1.29, 1.82) is 0 Å². The minimum atomic E-state index is -0.892. The van der Waals surface area contributed by atoms with E-state index in [1.807, 2.05) is 12.1 Å². The monoisotopic (exact) mass is 361 g/mol. The molecule has 0 aliphatic carbocycles. The van der Waals surface area contributed by atoms with E-state index < -0.39 is 5.97 Å². The maximum absolute atomic E-state index is 10.5. The summed E-state index contributed by atoms with van der Waals surface area (Å²) in [5.74, 6) is -0.346. The summed E-state index contributed by atoms with van der Waals surface area (Å²) < 4.78 is 2.60. The highest BCUT2D eigenvalue weighted by Crippen LogP contribution is 2.30. The van der Waals surface area contributed by atoms with Crippen LogP contribution < -0.4 is 0 Å². The molecule has 1 heterocycles. The molecule has 0 saturated carbocycles. The van der Waals surface area contributed by atoms with Crippen LogP contribution in [0, 0.1) is 0 Å². The van der Waals surface area contributed by atoms with E-state index in [-0.39, 0.29) is 5.75 Å². The number of halogens is 2. The summed E-state index contributed by atoms with van der Waals surface area (Å²) in [5, 5.41) is 17.8. The summed E-state index contributed by atoms with van der Waals surface area (Å²) >= 11 is 10.6. The van der Waals surface area contributed by atoms with Crippen molar-refractivity contribution in [2.45, 2.75) is 5.16 Å². The van der Waals surface area contributed by atoms with Crippen LogP contribution in [-0.2, 0) is 11.8 Å². The molecule has 2 aromatic rings. The Morgan fingerprint density at radius 2 is 2.26 bits per heavy atom. The third-order valence-electron chi connectivity index (χ3n) is 2.33. The van der Waals surface area contributed by atoms with Gasteiger partial charge in [-0.25, -0.2) is 0 Å². The largest absolute Gasteiger partial charge is 0.481 e. The van der Waals surface area contributed by atoms with E-state index in [9.17, 15) is 4.79 Å². The maximum atomic E-state index is 10.5. The topological polar surface area (TPSA) is 68.0 Å². The minimum absolute atomic E-state index is 0.0555. The van der Waals surface area contributed by atoms with Gasteiger partial charge in [-0.3, -0.25) is 4.79 Å². The van der Waals surface area contributed by atoms with Gasteiger partial charge in [-0.15, -0.1) is 10.2 Å². The minimum Gasteiger partial charge on any atom is -0.481 e. The molecule has 0 amide bonds.